The number of hydrogen-bond acceptors (Lipinski definition) is 5. The molecule has 1 saturated heterocycles. The Labute approximate surface area is 219 Å². The molecule has 2 heterocycles. The predicted molar refractivity (Wildman–Crippen MR) is 139 cm³/mol. The third-order valence-corrected chi connectivity index (χ3v) is 6.89. The predicted octanol–water partition coefficient (Wildman–Crippen LogP) is 5.49. The Bertz CT molecular complexity index is 1430. The molecule has 0 spiro atoms. The third kappa shape index (κ3) is 3.90. The molecule has 2 aliphatic rings. The molecule has 0 aromatic heterocycles. The second-order valence-electron chi connectivity index (χ2n) is 10.1. The lowest BCUT2D eigenvalue weighted by Gasteiger charge is -2.33. The lowest BCUT2D eigenvalue weighted by molar-refractivity contribution is -0.130. The Kier molecular flexibility index (Phi) is 5.91. The first kappa shape index (κ1) is 24.7. The van der Waals surface area contributed by atoms with Crippen molar-refractivity contribution in [2.75, 3.05) is 9.80 Å². The van der Waals surface area contributed by atoms with Gasteiger partial charge in [0.1, 0.15) is 11.0 Å². The molecule has 3 aromatic carbocycles. The van der Waals surface area contributed by atoms with Crippen molar-refractivity contribution in [1.82, 2.24) is 0 Å². The van der Waals surface area contributed by atoms with Gasteiger partial charge in [-0.3, -0.25) is 19.3 Å². The van der Waals surface area contributed by atoms with Gasteiger partial charge in [-0.1, -0.05) is 66.2 Å². The van der Waals surface area contributed by atoms with E-state index < -0.39 is 40.7 Å². The lowest BCUT2D eigenvalue weighted by atomic mass is 9.65. The molecule has 0 radical (unpaired) electrons. The number of amides is 4. The monoisotopic (exact) mass is 516 g/mol. The van der Waals surface area contributed by atoms with Crippen molar-refractivity contribution < 1.29 is 23.9 Å². The molecule has 8 heteroatoms. The molecule has 0 saturated carbocycles. The Balaban J connectivity index is 1.71. The van der Waals surface area contributed by atoms with Crippen LogP contribution in [0.3, 0.4) is 0 Å². The summed E-state index contributed by atoms with van der Waals surface area (Å²) in [7, 11) is 0. The van der Waals surface area contributed by atoms with Crippen LogP contribution >= 0.6 is 11.6 Å². The molecule has 0 bridgehead atoms. The number of hydrogen-bond donors (Lipinski definition) is 0. The molecule has 2 aliphatic heterocycles. The molecule has 7 nitrogen and oxygen atoms in total. The topological polar surface area (TPSA) is 84.0 Å². The highest BCUT2D eigenvalue weighted by Crippen LogP contribution is 2.54. The summed E-state index contributed by atoms with van der Waals surface area (Å²) < 4.78 is 5.58. The van der Waals surface area contributed by atoms with Crippen LogP contribution in [0.2, 0.25) is 5.02 Å². The van der Waals surface area contributed by atoms with Gasteiger partial charge in [0.15, 0.2) is 0 Å². The van der Waals surface area contributed by atoms with Crippen LogP contribution in [0.5, 0.6) is 0 Å². The van der Waals surface area contributed by atoms with Gasteiger partial charge < -0.3 is 4.74 Å². The summed E-state index contributed by atoms with van der Waals surface area (Å²) in [4.78, 5) is 57.2. The van der Waals surface area contributed by atoms with Crippen LogP contribution in [-0.4, -0.2) is 29.4 Å². The molecule has 3 aromatic rings. The van der Waals surface area contributed by atoms with Gasteiger partial charge >= 0.3 is 6.09 Å². The fraction of sp³-hybridized carbons (Fsp3) is 0.241. The van der Waals surface area contributed by atoms with Crippen LogP contribution in [0.15, 0.2) is 78.9 Å². The Morgan fingerprint density at radius 1 is 0.946 bits per heavy atom. The van der Waals surface area contributed by atoms with Crippen molar-refractivity contribution in [3.05, 3.63) is 95.0 Å². The highest BCUT2D eigenvalue weighted by molar-refractivity contribution is 6.32. The van der Waals surface area contributed by atoms with Crippen molar-refractivity contribution in [3.8, 4) is 0 Å². The zero-order valence-corrected chi connectivity index (χ0v) is 21.4. The second kappa shape index (κ2) is 8.85. The van der Waals surface area contributed by atoms with Gasteiger partial charge in [0.05, 0.1) is 17.3 Å². The standard InChI is InChI=1S/C29H25ClN2O5/c1-28(2,3)37-27(36)32-23-15-8-7-14-21(23)29(26(32)35,18-10-5-4-6-11-18)22-17-24(33)31(25(22)34)20-13-9-12-19(30)16-20/h4-16,22H,17H2,1-3H3/t22-,29?/m1/s1. The molecule has 2 atom stereocenters. The van der Waals surface area contributed by atoms with Gasteiger partial charge in [-0.15, -0.1) is 0 Å². The summed E-state index contributed by atoms with van der Waals surface area (Å²) in [6.45, 7) is 5.14. The fourth-order valence-corrected chi connectivity index (χ4v) is 5.45. The number of benzene rings is 3. The molecular weight excluding hydrogens is 492 g/mol. The van der Waals surface area contributed by atoms with E-state index in [2.05, 4.69) is 0 Å². The molecular formula is C29H25ClN2O5. The van der Waals surface area contributed by atoms with E-state index in [1.165, 1.54) is 6.07 Å². The van der Waals surface area contributed by atoms with Crippen molar-refractivity contribution in [1.29, 1.82) is 0 Å². The average molecular weight is 517 g/mol. The van der Waals surface area contributed by atoms with Crippen molar-refractivity contribution in [3.63, 3.8) is 0 Å². The number of ether oxygens (including phenoxy) is 1. The molecule has 4 amide bonds. The van der Waals surface area contributed by atoms with Crippen LogP contribution in [0.1, 0.15) is 38.3 Å². The number of imide groups is 2. The average Bonchev–Trinajstić information content (AvgIpc) is 3.28. The number of para-hydroxylation sites is 1. The maximum atomic E-state index is 14.5. The van der Waals surface area contributed by atoms with Crippen LogP contribution in [0.25, 0.3) is 0 Å². The molecule has 5 rings (SSSR count). The number of carbonyl (C=O) groups is 4. The zero-order chi connectivity index (χ0) is 26.5. The minimum atomic E-state index is -1.62. The summed E-state index contributed by atoms with van der Waals surface area (Å²) >= 11 is 6.14. The molecule has 1 unspecified atom stereocenters. The van der Waals surface area contributed by atoms with Gasteiger partial charge in [0.25, 0.3) is 5.91 Å². The first-order valence-electron chi connectivity index (χ1n) is 11.9. The minimum Gasteiger partial charge on any atom is -0.443 e. The summed E-state index contributed by atoms with van der Waals surface area (Å²) in [5.41, 5.74) is -0.835. The Hall–Kier alpha value is -3.97. The van der Waals surface area contributed by atoms with E-state index in [9.17, 15) is 19.2 Å². The number of fused-ring (bicyclic) bond motifs is 1. The van der Waals surface area contributed by atoms with Gasteiger partial charge in [0, 0.05) is 11.4 Å². The number of rotatable bonds is 3. The number of halogens is 1. The summed E-state index contributed by atoms with van der Waals surface area (Å²) in [6.07, 6.45) is -1.06. The number of nitrogens with zero attached hydrogens (tertiary/aromatic N) is 2. The maximum absolute atomic E-state index is 14.5. The molecule has 0 N–H and O–H groups in total. The van der Waals surface area contributed by atoms with E-state index >= 15 is 0 Å². The summed E-state index contributed by atoms with van der Waals surface area (Å²) in [6, 6.07) is 22.1. The van der Waals surface area contributed by atoms with Crippen molar-refractivity contribution in [2.45, 2.75) is 38.2 Å². The maximum Gasteiger partial charge on any atom is 0.421 e. The molecule has 188 valence electrons. The number of carbonyl (C=O) groups excluding carboxylic acids is 4. The van der Waals surface area contributed by atoms with E-state index in [4.69, 9.17) is 16.3 Å². The highest BCUT2D eigenvalue weighted by Gasteiger charge is 2.64. The van der Waals surface area contributed by atoms with E-state index in [-0.39, 0.29) is 6.42 Å². The van der Waals surface area contributed by atoms with Crippen molar-refractivity contribution >= 4 is 46.8 Å². The van der Waals surface area contributed by atoms with Crippen LogP contribution < -0.4 is 9.80 Å². The van der Waals surface area contributed by atoms with E-state index in [1.54, 1.807) is 93.6 Å². The fourth-order valence-electron chi connectivity index (χ4n) is 5.27. The molecule has 1 fully saturated rings. The normalized spacial score (nSPS) is 21.4. The first-order valence-corrected chi connectivity index (χ1v) is 12.3. The van der Waals surface area contributed by atoms with E-state index in [0.29, 0.717) is 27.5 Å². The van der Waals surface area contributed by atoms with Gasteiger partial charge in [-0.05, 0) is 56.2 Å². The first-order chi connectivity index (χ1) is 17.6. The second-order valence-corrected chi connectivity index (χ2v) is 10.6. The largest absolute Gasteiger partial charge is 0.443 e. The molecule has 0 aliphatic carbocycles. The third-order valence-electron chi connectivity index (χ3n) is 6.65. The SMILES string of the molecule is CC(C)(C)OC(=O)N1C(=O)C(c2ccccc2)([C@@H]2CC(=O)N(c3cccc(Cl)c3)C2=O)c2ccccc21. The molecule has 37 heavy (non-hydrogen) atoms. The van der Waals surface area contributed by atoms with Gasteiger partial charge in [-0.2, -0.15) is 0 Å². The highest BCUT2D eigenvalue weighted by atomic mass is 35.5. The van der Waals surface area contributed by atoms with Gasteiger partial charge in [0.2, 0.25) is 11.8 Å². The smallest absolute Gasteiger partial charge is 0.421 e. The summed E-state index contributed by atoms with van der Waals surface area (Å²) in [5.74, 6) is -2.71. The Morgan fingerprint density at radius 2 is 1.62 bits per heavy atom. The van der Waals surface area contributed by atoms with E-state index in [1.807, 2.05) is 0 Å². The number of anilines is 2. The Morgan fingerprint density at radius 3 is 2.30 bits per heavy atom. The quantitative estimate of drug-likeness (QED) is 0.430. The van der Waals surface area contributed by atoms with E-state index in [0.717, 1.165) is 9.80 Å². The summed E-state index contributed by atoms with van der Waals surface area (Å²) in [5, 5.41) is 0.373. The van der Waals surface area contributed by atoms with Crippen LogP contribution in [0, 0.1) is 5.92 Å². The minimum absolute atomic E-state index is 0.220. The van der Waals surface area contributed by atoms with Crippen LogP contribution in [0.4, 0.5) is 16.2 Å². The lowest BCUT2D eigenvalue weighted by Crippen LogP contribution is -2.51. The van der Waals surface area contributed by atoms with Crippen molar-refractivity contribution in [2.24, 2.45) is 5.92 Å². The van der Waals surface area contributed by atoms with Gasteiger partial charge in [-0.25, -0.2) is 9.69 Å². The zero-order valence-electron chi connectivity index (χ0n) is 20.6. The van der Waals surface area contributed by atoms with Crippen LogP contribution in [-0.2, 0) is 24.5 Å².